The first kappa shape index (κ1) is 13.6. The Morgan fingerprint density at radius 2 is 2.07 bits per heavy atom. The van der Waals surface area contributed by atoms with Crippen molar-refractivity contribution >= 4 is 7.60 Å². The van der Waals surface area contributed by atoms with Crippen molar-refractivity contribution in [2.75, 3.05) is 13.2 Å². The topological polar surface area (TPSA) is 35.5 Å². The van der Waals surface area contributed by atoms with Crippen molar-refractivity contribution in [3.05, 3.63) is 24.0 Å². The maximum absolute atomic E-state index is 12.0. The summed E-state index contributed by atoms with van der Waals surface area (Å²) in [6, 6.07) is 0. The lowest BCUT2D eigenvalue weighted by atomic mass is 10.4. The van der Waals surface area contributed by atoms with E-state index in [1.807, 2.05) is 20.8 Å². The molecule has 0 radical (unpaired) electrons. The summed E-state index contributed by atoms with van der Waals surface area (Å²) in [5.41, 5.74) is 0.925. The van der Waals surface area contributed by atoms with Crippen LogP contribution < -0.4 is 0 Å². The molecular formula is C10H19O3P. The fourth-order valence-electron chi connectivity index (χ4n) is 0.803. The molecule has 0 aromatic rings. The van der Waals surface area contributed by atoms with E-state index in [1.54, 1.807) is 11.9 Å². The van der Waals surface area contributed by atoms with Crippen LogP contribution in [0.4, 0.5) is 0 Å². The lowest BCUT2D eigenvalue weighted by Gasteiger charge is -2.14. The van der Waals surface area contributed by atoms with Crippen LogP contribution in [-0.2, 0) is 13.6 Å². The van der Waals surface area contributed by atoms with Crippen LogP contribution in [0.1, 0.15) is 27.2 Å². The standard InChI is InChI=1S/C10H19O3P/c1-5-7-12-14(11,9-10(3)4)13-8-6-2/h5,9H,1,6-8H2,2-4H3. The van der Waals surface area contributed by atoms with Gasteiger partial charge in [0.1, 0.15) is 0 Å². The van der Waals surface area contributed by atoms with Crippen LogP contribution in [-0.4, -0.2) is 13.2 Å². The Hall–Kier alpha value is -0.370. The van der Waals surface area contributed by atoms with Gasteiger partial charge in [-0.15, -0.1) is 6.58 Å². The maximum atomic E-state index is 12.0. The first-order valence-corrected chi connectivity index (χ1v) is 6.31. The minimum atomic E-state index is -3.04. The molecule has 0 aromatic heterocycles. The molecule has 3 nitrogen and oxygen atoms in total. The summed E-state index contributed by atoms with van der Waals surface area (Å²) in [4.78, 5) is 0. The van der Waals surface area contributed by atoms with Gasteiger partial charge in [0.2, 0.25) is 0 Å². The van der Waals surface area contributed by atoms with Crippen LogP contribution in [0.2, 0.25) is 0 Å². The van der Waals surface area contributed by atoms with Gasteiger partial charge in [0.25, 0.3) is 0 Å². The van der Waals surface area contributed by atoms with Gasteiger partial charge in [-0.05, 0) is 20.3 Å². The summed E-state index contributed by atoms with van der Waals surface area (Å²) < 4.78 is 22.3. The van der Waals surface area contributed by atoms with Gasteiger partial charge in [-0.2, -0.15) is 0 Å². The molecule has 0 N–H and O–H groups in total. The Balaban J connectivity index is 4.41. The van der Waals surface area contributed by atoms with E-state index in [2.05, 4.69) is 6.58 Å². The van der Waals surface area contributed by atoms with Gasteiger partial charge >= 0.3 is 7.60 Å². The van der Waals surface area contributed by atoms with E-state index in [-0.39, 0.29) is 6.61 Å². The number of hydrogen-bond donors (Lipinski definition) is 0. The Morgan fingerprint density at radius 1 is 1.43 bits per heavy atom. The van der Waals surface area contributed by atoms with Crippen LogP contribution >= 0.6 is 7.60 Å². The smallest absolute Gasteiger partial charge is 0.306 e. The second-order valence-corrected chi connectivity index (χ2v) is 5.02. The molecule has 0 aliphatic carbocycles. The summed E-state index contributed by atoms with van der Waals surface area (Å²) in [5, 5.41) is 0. The normalized spacial score (nSPS) is 14.5. The third-order valence-electron chi connectivity index (χ3n) is 1.26. The van der Waals surface area contributed by atoms with Gasteiger partial charge in [-0.3, -0.25) is 4.57 Å². The summed E-state index contributed by atoms with van der Waals surface area (Å²) >= 11 is 0. The molecule has 4 heteroatoms. The highest BCUT2D eigenvalue weighted by Crippen LogP contribution is 2.50. The Labute approximate surface area is 86.3 Å². The van der Waals surface area contributed by atoms with E-state index >= 15 is 0 Å². The quantitative estimate of drug-likeness (QED) is 0.482. The fourth-order valence-corrected chi connectivity index (χ4v) is 2.41. The molecule has 0 aliphatic heterocycles. The van der Waals surface area contributed by atoms with Crippen molar-refractivity contribution in [3.8, 4) is 0 Å². The van der Waals surface area contributed by atoms with Gasteiger partial charge in [0, 0.05) is 5.82 Å². The van der Waals surface area contributed by atoms with Crippen LogP contribution in [0.5, 0.6) is 0 Å². The number of rotatable bonds is 7. The summed E-state index contributed by atoms with van der Waals surface area (Å²) in [6.45, 7) is 9.86. The van der Waals surface area contributed by atoms with Crippen molar-refractivity contribution in [1.29, 1.82) is 0 Å². The fraction of sp³-hybridized carbons (Fsp3) is 0.600. The molecule has 0 rings (SSSR count). The van der Waals surface area contributed by atoms with E-state index in [1.165, 1.54) is 0 Å². The molecule has 0 saturated carbocycles. The van der Waals surface area contributed by atoms with Gasteiger partial charge in [0.05, 0.1) is 13.2 Å². The molecular weight excluding hydrogens is 199 g/mol. The van der Waals surface area contributed by atoms with Crippen LogP contribution in [0, 0.1) is 0 Å². The minimum Gasteiger partial charge on any atom is -0.306 e. The molecule has 1 atom stereocenters. The number of hydrogen-bond acceptors (Lipinski definition) is 3. The molecule has 0 heterocycles. The van der Waals surface area contributed by atoms with E-state index in [0.717, 1.165) is 12.0 Å². The van der Waals surface area contributed by atoms with Crippen molar-refractivity contribution in [2.24, 2.45) is 0 Å². The van der Waals surface area contributed by atoms with Gasteiger partial charge < -0.3 is 9.05 Å². The maximum Gasteiger partial charge on any atom is 0.354 e. The van der Waals surface area contributed by atoms with E-state index in [9.17, 15) is 4.57 Å². The molecule has 82 valence electrons. The van der Waals surface area contributed by atoms with Crippen molar-refractivity contribution < 1.29 is 13.6 Å². The molecule has 0 amide bonds. The SMILES string of the molecule is C=CCOP(=O)(C=C(C)C)OCCC. The van der Waals surface area contributed by atoms with Crippen LogP contribution in [0.15, 0.2) is 24.0 Å². The summed E-state index contributed by atoms with van der Waals surface area (Å²) in [5.74, 6) is 1.55. The molecule has 0 aliphatic rings. The van der Waals surface area contributed by atoms with E-state index in [4.69, 9.17) is 9.05 Å². The second kappa shape index (κ2) is 6.99. The highest BCUT2D eigenvalue weighted by atomic mass is 31.2. The lowest BCUT2D eigenvalue weighted by molar-refractivity contribution is 0.227. The lowest BCUT2D eigenvalue weighted by Crippen LogP contribution is -1.95. The Bertz CT molecular complexity index is 242. The largest absolute Gasteiger partial charge is 0.354 e. The van der Waals surface area contributed by atoms with Crippen LogP contribution in [0.25, 0.3) is 0 Å². The molecule has 14 heavy (non-hydrogen) atoms. The van der Waals surface area contributed by atoms with Gasteiger partial charge in [-0.1, -0.05) is 18.6 Å². The average Bonchev–Trinajstić information content (AvgIpc) is 2.11. The first-order valence-electron chi connectivity index (χ1n) is 4.70. The third kappa shape index (κ3) is 6.14. The summed E-state index contributed by atoms with van der Waals surface area (Å²) in [7, 11) is -3.04. The van der Waals surface area contributed by atoms with Crippen LogP contribution in [0.3, 0.4) is 0 Å². The molecule has 0 spiro atoms. The zero-order valence-electron chi connectivity index (χ0n) is 9.16. The third-order valence-corrected chi connectivity index (χ3v) is 3.15. The molecule has 1 unspecified atom stereocenters. The van der Waals surface area contributed by atoms with Crippen molar-refractivity contribution in [3.63, 3.8) is 0 Å². The predicted octanol–water partition coefficient (Wildman–Crippen LogP) is 3.73. The zero-order valence-corrected chi connectivity index (χ0v) is 10.0. The first-order chi connectivity index (χ1) is 6.54. The molecule has 0 fully saturated rings. The highest BCUT2D eigenvalue weighted by Gasteiger charge is 2.19. The molecule has 0 aromatic carbocycles. The van der Waals surface area contributed by atoms with Gasteiger partial charge in [-0.25, -0.2) is 0 Å². The van der Waals surface area contributed by atoms with E-state index in [0.29, 0.717) is 6.61 Å². The Kier molecular flexibility index (Phi) is 6.81. The number of allylic oxidation sites excluding steroid dienone is 1. The monoisotopic (exact) mass is 218 g/mol. The minimum absolute atomic E-state index is 0.241. The molecule has 0 bridgehead atoms. The average molecular weight is 218 g/mol. The van der Waals surface area contributed by atoms with Crippen molar-refractivity contribution in [1.82, 2.24) is 0 Å². The zero-order chi connectivity index (χ0) is 11.0. The van der Waals surface area contributed by atoms with E-state index < -0.39 is 7.60 Å². The predicted molar refractivity (Wildman–Crippen MR) is 59.4 cm³/mol. The van der Waals surface area contributed by atoms with Gasteiger partial charge in [0.15, 0.2) is 0 Å². The molecule has 0 saturated heterocycles. The highest BCUT2D eigenvalue weighted by molar-refractivity contribution is 7.57. The summed E-state index contributed by atoms with van der Waals surface area (Å²) in [6.07, 6.45) is 2.37. The second-order valence-electron chi connectivity index (χ2n) is 3.16. The Morgan fingerprint density at radius 3 is 2.50 bits per heavy atom. The van der Waals surface area contributed by atoms with Crippen molar-refractivity contribution in [2.45, 2.75) is 27.2 Å².